The van der Waals surface area contributed by atoms with Crippen LogP contribution in [0.2, 0.25) is 0 Å². The van der Waals surface area contributed by atoms with Crippen molar-refractivity contribution in [3.8, 4) is 0 Å². The SMILES string of the molecule is CC(C)c1nc2c(N3C(=O)C4=CC(F)C=CC4=NC3=S)cccn2n1. The lowest BCUT2D eigenvalue weighted by molar-refractivity contribution is -0.113. The lowest BCUT2D eigenvalue weighted by atomic mass is 10.00. The van der Waals surface area contributed by atoms with E-state index < -0.39 is 12.1 Å². The molecule has 2 aromatic rings. The number of aliphatic imine (C=N–C) groups is 1. The average molecular weight is 355 g/mol. The summed E-state index contributed by atoms with van der Waals surface area (Å²) < 4.78 is 15.3. The molecule has 25 heavy (non-hydrogen) atoms. The maximum absolute atomic E-state index is 13.7. The van der Waals surface area contributed by atoms with E-state index in [1.807, 2.05) is 13.8 Å². The highest BCUT2D eigenvalue weighted by molar-refractivity contribution is 7.80. The molecule has 0 aromatic carbocycles. The van der Waals surface area contributed by atoms with Gasteiger partial charge in [-0.05, 0) is 42.6 Å². The van der Waals surface area contributed by atoms with E-state index in [-0.39, 0.29) is 16.6 Å². The second kappa shape index (κ2) is 5.66. The summed E-state index contributed by atoms with van der Waals surface area (Å²) in [7, 11) is 0. The molecule has 4 rings (SSSR count). The minimum Gasteiger partial charge on any atom is -0.268 e. The fraction of sp³-hybridized carbons (Fsp3) is 0.235. The molecule has 126 valence electrons. The van der Waals surface area contributed by atoms with Gasteiger partial charge >= 0.3 is 0 Å². The maximum Gasteiger partial charge on any atom is 0.266 e. The van der Waals surface area contributed by atoms with Gasteiger partial charge in [0, 0.05) is 12.1 Å². The molecule has 1 aliphatic heterocycles. The van der Waals surface area contributed by atoms with Gasteiger partial charge in [0.15, 0.2) is 11.5 Å². The first-order chi connectivity index (χ1) is 12.0. The predicted octanol–water partition coefficient (Wildman–Crippen LogP) is 2.76. The fourth-order valence-corrected chi connectivity index (χ4v) is 3.03. The van der Waals surface area contributed by atoms with Crippen molar-refractivity contribution in [1.82, 2.24) is 14.6 Å². The van der Waals surface area contributed by atoms with Crippen LogP contribution in [-0.2, 0) is 4.79 Å². The number of anilines is 1. The molecule has 0 spiro atoms. The number of allylic oxidation sites excluding steroid dienone is 3. The monoisotopic (exact) mass is 355 g/mol. The van der Waals surface area contributed by atoms with E-state index in [4.69, 9.17) is 12.2 Å². The van der Waals surface area contributed by atoms with Crippen LogP contribution in [0.4, 0.5) is 10.1 Å². The molecule has 0 bridgehead atoms. The topological polar surface area (TPSA) is 62.9 Å². The van der Waals surface area contributed by atoms with Gasteiger partial charge in [-0.2, -0.15) is 5.10 Å². The van der Waals surface area contributed by atoms with Gasteiger partial charge in [0.05, 0.1) is 17.0 Å². The Morgan fingerprint density at radius 3 is 2.92 bits per heavy atom. The van der Waals surface area contributed by atoms with Gasteiger partial charge in [-0.25, -0.2) is 23.8 Å². The van der Waals surface area contributed by atoms with Crippen LogP contribution < -0.4 is 4.90 Å². The van der Waals surface area contributed by atoms with E-state index in [0.29, 0.717) is 22.9 Å². The number of nitrogens with zero attached hydrogens (tertiary/aromatic N) is 5. The molecule has 2 aliphatic rings. The number of hydrogen-bond donors (Lipinski definition) is 0. The van der Waals surface area contributed by atoms with Crippen molar-refractivity contribution < 1.29 is 9.18 Å². The molecule has 1 atom stereocenters. The molecule has 1 unspecified atom stereocenters. The molecule has 0 radical (unpaired) electrons. The standard InChI is InChI=1S/C17H14FN5OS/c1-9(2)14-20-15-13(4-3-7-22(15)21-14)23-16(24)11-8-10(18)5-6-12(11)19-17(23)25/h3-10H,1-2H3. The van der Waals surface area contributed by atoms with E-state index in [0.717, 1.165) is 0 Å². The number of halogens is 1. The number of carbonyl (C=O) groups is 1. The summed E-state index contributed by atoms with van der Waals surface area (Å²) in [5, 5.41) is 4.51. The summed E-state index contributed by atoms with van der Waals surface area (Å²) in [6.45, 7) is 3.98. The Labute approximate surface area is 148 Å². The Balaban J connectivity index is 1.87. The van der Waals surface area contributed by atoms with Gasteiger partial charge in [0.25, 0.3) is 5.91 Å². The molecule has 6 nitrogen and oxygen atoms in total. The van der Waals surface area contributed by atoms with Crippen molar-refractivity contribution in [2.45, 2.75) is 25.9 Å². The first-order valence-electron chi connectivity index (χ1n) is 7.82. The van der Waals surface area contributed by atoms with Crippen LogP contribution >= 0.6 is 12.2 Å². The summed E-state index contributed by atoms with van der Waals surface area (Å²) >= 11 is 5.31. The molecule has 1 amide bonds. The normalized spacial score (nSPS) is 20.2. The molecule has 0 saturated heterocycles. The summed E-state index contributed by atoms with van der Waals surface area (Å²) in [5.41, 5.74) is 1.57. The van der Waals surface area contributed by atoms with E-state index in [2.05, 4.69) is 15.1 Å². The first-order valence-corrected chi connectivity index (χ1v) is 8.23. The van der Waals surface area contributed by atoms with Crippen LogP contribution in [0, 0.1) is 0 Å². The minimum absolute atomic E-state index is 0.0984. The lowest BCUT2D eigenvalue weighted by Crippen LogP contribution is -2.43. The van der Waals surface area contributed by atoms with Crippen LogP contribution in [0.25, 0.3) is 5.65 Å². The number of thiocarbonyl (C=S) groups is 1. The molecule has 3 heterocycles. The molecule has 0 saturated carbocycles. The summed E-state index contributed by atoms with van der Waals surface area (Å²) in [5.74, 6) is 0.389. The third kappa shape index (κ3) is 2.49. The molecule has 2 aromatic heterocycles. The largest absolute Gasteiger partial charge is 0.268 e. The summed E-state index contributed by atoms with van der Waals surface area (Å²) in [4.78, 5) is 23.0. The molecule has 1 aliphatic carbocycles. The Morgan fingerprint density at radius 1 is 1.36 bits per heavy atom. The molecular formula is C17H14FN5OS. The van der Waals surface area contributed by atoms with Crippen LogP contribution in [-0.4, -0.2) is 37.5 Å². The van der Waals surface area contributed by atoms with Crippen molar-refractivity contribution in [3.63, 3.8) is 0 Å². The van der Waals surface area contributed by atoms with Gasteiger partial charge in [0.2, 0.25) is 5.11 Å². The lowest BCUT2D eigenvalue weighted by Gasteiger charge is -2.28. The van der Waals surface area contributed by atoms with Gasteiger partial charge in [-0.1, -0.05) is 13.8 Å². The highest BCUT2D eigenvalue weighted by atomic mass is 32.1. The van der Waals surface area contributed by atoms with Gasteiger partial charge in [0.1, 0.15) is 6.17 Å². The number of rotatable bonds is 2. The second-order valence-electron chi connectivity index (χ2n) is 6.09. The van der Waals surface area contributed by atoms with Crippen molar-refractivity contribution in [2.24, 2.45) is 4.99 Å². The first kappa shape index (κ1) is 15.8. The number of alkyl halides is 1. The van der Waals surface area contributed by atoms with Crippen LogP contribution in [0.3, 0.4) is 0 Å². The Kier molecular flexibility index (Phi) is 3.57. The quantitative estimate of drug-likeness (QED) is 0.777. The summed E-state index contributed by atoms with van der Waals surface area (Å²) in [6.07, 6.45) is 4.50. The zero-order chi connectivity index (χ0) is 17.7. The number of hydrogen-bond acceptors (Lipinski definition) is 4. The predicted molar refractivity (Wildman–Crippen MR) is 96.7 cm³/mol. The van der Waals surface area contributed by atoms with Crippen LogP contribution in [0.5, 0.6) is 0 Å². The zero-order valence-corrected chi connectivity index (χ0v) is 14.4. The van der Waals surface area contributed by atoms with Crippen LogP contribution in [0.1, 0.15) is 25.6 Å². The Morgan fingerprint density at radius 2 is 2.16 bits per heavy atom. The van der Waals surface area contributed by atoms with Crippen LogP contribution in [0.15, 0.2) is 47.1 Å². The highest BCUT2D eigenvalue weighted by Crippen LogP contribution is 2.28. The van der Waals surface area contributed by atoms with Gasteiger partial charge < -0.3 is 0 Å². The second-order valence-corrected chi connectivity index (χ2v) is 6.46. The van der Waals surface area contributed by atoms with E-state index in [1.54, 1.807) is 22.8 Å². The van der Waals surface area contributed by atoms with E-state index in [9.17, 15) is 9.18 Å². The van der Waals surface area contributed by atoms with Gasteiger partial charge in [-0.15, -0.1) is 0 Å². The third-order valence-corrected chi connectivity index (χ3v) is 4.27. The number of pyridine rings is 1. The smallest absolute Gasteiger partial charge is 0.266 e. The molecule has 0 N–H and O–H groups in total. The molecule has 0 fully saturated rings. The maximum atomic E-state index is 13.7. The summed E-state index contributed by atoms with van der Waals surface area (Å²) in [6, 6.07) is 3.48. The minimum atomic E-state index is -1.32. The zero-order valence-electron chi connectivity index (χ0n) is 13.5. The fourth-order valence-electron chi connectivity index (χ4n) is 2.75. The Hall–Kier alpha value is -2.74. The molecule has 8 heteroatoms. The number of fused-ring (bicyclic) bond motifs is 2. The van der Waals surface area contributed by atoms with Crippen molar-refractivity contribution in [2.75, 3.05) is 4.90 Å². The average Bonchev–Trinajstić information content (AvgIpc) is 3.01. The van der Waals surface area contributed by atoms with Gasteiger partial charge in [-0.3, -0.25) is 4.79 Å². The van der Waals surface area contributed by atoms with Crippen molar-refractivity contribution in [3.05, 3.63) is 48.0 Å². The van der Waals surface area contributed by atoms with E-state index in [1.165, 1.54) is 23.1 Å². The van der Waals surface area contributed by atoms with Crippen molar-refractivity contribution in [1.29, 1.82) is 0 Å². The van der Waals surface area contributed by atoms with E-state index >= 15 is 0 Å². The third-order valence-electron chi connectivity index (χ3n) is 4.00. The van der Waals surface area contributed by atoms with Crippen molar-refractivity contribution >= 4 is 40.3 Å². The number of amides is 1. The molecular weight excluding hydrogens is 341 g/mol. The Bertz CT molecular complexity index is 1000. The highest BCUT2D eigenvalue weighted by Gasteiger charge is 2.34. The number of carbonyl (C=O) groups excluding carboxylic acids is 1. The number of aromatic nitrogens is 3.